The summed E-state index contributed by atoms with van der Waals surface area (Å²) in [5, 5.41) is 0. The highest BCUT2D eigenvalue weighted by molar-refractivity contribution is 9.10. The van der Waals surface area contributed by atoms with Crippen molar-refractivity contribution in [3.8, 4) is 0 Å². The van der Waals surface area contributed by atoms with Crippen LogP contribution in [0.15, 0.2) is 57.9 Å². The Morgan fingerprint density at radius 1 is 1.18 bits per heavy atom. The number of aryl methyl sites for hydroxylation is 1. The normalized spacial score (nSPS) is 16.6. The zero-order chi connectivity index (χ0) is 15.7. The van der Waals surface area contributed by atoms with Crippen molar-refractivity contribution in [2.75, 3.05) is 4.90 Å². The van der Waals surface area contributed by atoms with E-state index >= 15 is 0 Å². The average Bonchev–Trinajstić information content (AvgIpc) is 2.73. The SMILES string of the molecule is Cc1cccc(N2C(=O)/C(=C/c3cccc(Br)c3)SC2=S)c1. The summed E-state index contributed by atoms with van der Waals surface area (Å²) in [6, 6.07) is 15.6. The Bertz CT molecular complexity index is 801. The van der Waals surface area contributed by atoms with Crippen LogP contribution in [0.5, 0.6) is 0 Å². The molecule has 1 aliphatic rings. The molecule has 0 radical (unpaired) electrons. The molecule has 1 fully saturated rings. The van der Waals surface area contributed by atoms with E-state index in [0.29, 0.717) is 9.23 Å². The number of thioether (sulfide) groups is 1. The summed E-state index contributed by atoms with van der Waals surface area (Å²) in [6.07, 6.45) is 1.87. The first kappa shape index (κ1) is 15.5. The molecule has 22 heavy (non-hydrogen) atoms. The van der Waals surface area contributed by atoms with Crippen LogP contribution < -0.4 is 4.90 Å². The van der Waals surface area contributed by atoms with E-state index in [1.54, 1.807) is 4.90 Å². The fourth-order valence-electron chi connectivity index (χ4n) is 2.21. The van der Waals surface area contributed by atoms with Crippen LogP contribution in [0.2, 0.25) is 0 Å². The number of carbonyl (C=O) groups excluding carboxylic acids is 1. The third-order valence-corrected chi connectivity index (χ3v) is 5.00. The highest BCUT2D eigenvalue weighted by Crippen LogP contribution is 2.36. The van der Waals surface area contributed by atoms with Crippen molar-refractivity contribution < 1.29 is 4.79 Å². The van der Waals surface area contributed by atoms with E-state index in [4.69, 9.17) is 12.2 Å². The molecule has 3 rings (SSSR count). The predicted octanol–water partition coefficient (Wildman–Crippen LogP) is 5.16. The van der Waals surface area contributed by atoms with Gasteiger partial charge >= 0.3 is 0 Å². The highest BCUT2D eigenvalue weighted by Gasteiger charge is 2.33. The van der Waals surface area contributed by atoms with Gasteiger partial charge in [-0.15, -0.1) is 0 Å². The third-order valence-electron chi connectivity index (χ3n) is 3.20. The number of hydrogen-bond donors (Lipinski definition) is 0. The van der Waals surface area contributed by atoms with Gasteiger partial charge in [-0.25, -0.2) is 0 Å². The Morgan fingerprint density at radius 3 is 2.68 bits per heavy atom. The van der Waals surface area contributed by atoms with Gasteiger partial charge in [-0.3, -0.25) is 9.69 Å². The molecule has 5 heteroatoms. The third kappa shape index (κ3) is 3.16. The van der Waals surface area contributed by atoms with E-state index in [0.717, 1.165) is 21.3 Å². The molecule has 0 bridgehead atoms. The number of thiocarbonyl (C=S) groups is 1. The number of halogens is 1. The Hall–Kier alpha value is -1.43. The molecule has 1 heterocycles. The summed E-state index contributed by atoms with van der Waals surface area (Å²) in [5.74, 6) is -0.0689. The van der Waals surface area contributed by atoms with Crippen LogP contribution in [0.3, 0.4) is 0 Å². The number of anilines is 1. The van der Waals surface area contributed by atoms with Crippen LogP contribution in [-0.4, -0.2) is 10.2 Å². The molecule has 1 aliphatic heterocycles. The van der Waals surface area contributed by atoms with Gasteiger partial charge in [0.05, 0.1) is 10.6 Å². The molecule has 0 saturated carbocycles. The molecule has 1 amide bonds. The molecule has 2 aromatic carbocycles. The molecule has 0 atom stereocenters. The summed E-state index contributed by atoms with van der Waals surface area (Å²) in [5.41, 5.74) is 2.89. The predicted molar refractivity (Wildman–Crippen MR) is 101 cm³/mol. The molecular weight excluding hydrogens is 378 g/mol. The molecule has 110 valence electrons. The zero-order valence-electron chi connectivity index (χ0n) is 11.7. The molecule has 0 unspecified atom stereocenters. The van der Waals surface area contributed by atoms with Gasteiger partial charge < -0.3 is 0 Å². The molecule has 0 aliphatic carbocycles. The quantitative estimate of drug-likeness (QED) is 0.522. The Kier molecular flexibility index (Phi) is 4.47. The second kappa shape index (κ2) is 6.36. The molecule has 0 N–H and O–H groups in total. The standard InChI is InChI=1S/C17H12BrNOS2/c1-11-4-2-7-14(8-11)19-16(20)15(22-17(19)21)10-12-5-3-6-13(18)9-12/h2-10H,1H3/b15-10-. The molecule has 2 aromatic rings. The van der Waals surface area contributed by atoms with Gasteiger partial charge in [0.15, 0.2) is 4.32 Å². The molecule has 2 nitrogen and oxygen atoms in total. The van der Waals surface area contributed by atoms with Crippen molar-refractivity contribution >= 4 is 61.9 Å². The minimum atomic E-state index is -0.0689. The van der Waals surface area contributed by atoms with Crippen molar-refractivity contribution in [3.05, 3.63) is 69.0 Å². The minimum absolute atomic E-state index is 0.0689. The number of hydrogen-bond acceptors (Lipinski definition) is 3. The lowest BCUT2D eigenvalue weighted by atomic mass is 10.2. The van der Waals surface area contributed by atoms with Crippen LogP contribution in [-0.2, 0) is 4.79 Å². The smallest absolute Gasteiger partial charge is 0.268 e. The lowest BCUT2D eigenvalue weighted by Crippen LogP contribution is -2.27. The fourth-order valence-corrected chi connectivity index (χ4v) is 3.92. The van der Waals surface area contributed by atoms with Gasteiger partial charge in [0, 0.05) is 4.47 Å². The number of nitrogens with zero attached hydrogens (tertiary/aromatic N) is 1. The summed E-state index contributed by atoms with van der Waals surface area (Å²) >= 11 is 10.2. The fraction of sp³-hybridized carbons (Fsp3) is 0.0588. The van der Waals surface area contributed by atoms with E-state index in [2.05, 4.69) is 15.9 Å². The van der Waals surface area contributed by atoms with Gasteiger partial charge in [-0.1, -0.05) is 64.2 Å². The maximum Gasteiger partial charge on any atom is 0.270 e. The monoisotopic (exact) mass is 389 g/mol. The first-order valence-corrected chi connectivity index (χ1v) is 8.66. The molecule has 0 aromatic heterocycles. The van der Waals surface area contributed by atoms with Crippen LogP contribution >= 0.6 is 39.9 Å². The minimum Gasteiger partial charge on any atom is -0.268 e. The van der Waals surface area contributed by atoms with Crippen LogP contribution in [0.4, 0.5) is 5.69 Å². The first-order chi connectivity index (χ1) is 10.5. The number of rotatable bonds is 2. The molecule has 0 spiro atoms. The van der Waals surface area contributed by atoms with Gasteiger partial charge in [-0.05, 0) is 48.4 Å². The van der Waals surface area contributed by atoms with Gasteiger partial charge in [0.25, 0.3) is 5.91 Å². The summed E-state index contributed by atoms with van der Waals surface area (Å²) in [6.45, 7) is 2.00. The lowest BCUT2D eigenvalue weighted by Gasteiger charge is -2.14. The van der Waals surface area contributed by atoms with Crippen LogP contribution in [0.1, 0.15) is 11.1 Å². The highest BCUT2D eigenvalue weighted by atomic mass is 79.9. The van der Waals surface area contributed by atoms with E-state index < -0.39 is 0 Å². The summed E-state index contributed by atoms with van der Waals surface area (Å²) in [7, 11) is 0. The maximum absolute atomic E-state index is 12.7. The Morgan fingerprint density at radius 2 is 1.95 bits per heavy atom. The van der Waals surface area contributed by atoms with E-state index in [-0.39, 0.29) is 5.91 Å². The topological polar surface area (TPSA) is 20.3 Å². The van der Waals surface area contributed by atoms with Crippen LogP contribution in [0.25, 0.3) is 6.08 Å². The van der Waals surface area contributed by atoms with Crippen molar-refractivity contribution in [3.63, 3.8) is 0 Å². The van der Waals surface area contributed by atoms with Gasteiger partial charge in [0.2, 0.25) is 0 Å². The van der Waals surface area contributed by atoms with Crippen LogP contribution in [0, 0.1) is 6.92 Å². The van der Waals surface area contributed by atoms with Crippen molar-refractivity contribution in [1.29, 1.82) is 0 Å². The second-order valence-electron chi connectivity index (χ2n) is 4.91. The number of benzene rings is 2. The van der Waals surface area contributed by atoms with Gasteiger partial charge in [-0.2, -0.15) is 0 Å². The van der Waals surface area contributed by atoms with E-state index in [1.807, 2.05) is 61.5 Å². The lowest BCUT2D eigenvalue weighted by molar-refractivity contribution is -0.113. The Labute approximate surface area is 147 Å². The Balaban J connectivity index is 1.95. The maximum atomic E-state index is 12.7. The summed E-state index contributed by atoms with van der Waals surface area (Å²) < 4.78 is 1.55. The van der Waals surface area contributed by atoms with Gasteiger partial charge in [0.1, 0.15) is 0 Å². The second-order valence-corrected chi connectivity index (χ2v) is 7.50. The van der Waals surface area contributed by atoms with Crippen molar-refractivity contribution in [2.24, 2.45) is 0 Å². The van der Waals surface area contributed by atoms with E-state index in [1.165, 1.54) is 11.8 Å². The van der Waals surface area contributed by atoms with Crippen molar-refractivity contribution in [2.45, 2.75) is 6.92 Å². The zero-order valence-corrected chi connectivity index (χ0v) is 15.0. The van der Waals surface area contributed by atoms with E-state index in [9.17, 15) is 4.79 Å². The largest absolute Gasteiger partial charge is 0.270 e. The molecular formula is C17H12BrNOS2. The van der Waals surface area contributed by atoms with Crippen molar-refractivity contribution in [1.82, 2.24) is 0 Å². The molecule has 1 saturated heterocycles. The number of carbonyl (C=O) groups is 1. The summed E-state index contributed by atoms with van der Waals surface area (Å²) in [4.78, 5) is 14.9. The first-order valence-electron chi connectivity index (χ1n) is 6.65. The number of amides is 1. The average molecular weight is 390 g/mol.